The molecule has 7 nitrogen and oxygen atoms in total. The molecule has 1 heterocycles. The molecule has 7 heteroatoms. The summed E-state index contributed by atoms with van der Waals surface area (Å²) in [7, 11) is 1.22. The number of esters is 1. The van der Waals surface area contributed by atoms with E-state index in [1.165, 1.54) is 7.11 Å². The lowest BCUT2D eigenvalue weighted by atomic mass is 10.1. The van der Waals surface area contributed by atoms with Gasteiger partial charge in [-0.25, -0.2) is 4.79 Å². The summed E-state index contributed by atoms with van der Waals surface area (Å²) in [6, 6.07) is 4.01. The van der Waals surface area contributed by atoms with Gasteiger partial charge in [-0.2, -0.15) is 0 Å². The van der Waals surface area contributed by atoms with Gasteiger partial charge in [-0.3, -0.25) is 14.6 Å². The Morgan fingerprint density at radius 1 is 1.40 bits per heavy atom. The van der Waals surface area contributed by atoms with E-state index < -0.39 is 23.9 Å². The minimum Gasteiger partial charge on any atom is -0.480 e. The molecule has 0 aromatic carbocycles. The third-order valence-electron chi connectivity index (χ3n) is 2.57. The molecule has 1 atom stereocenters. The van der Waals surface area contributed by atoms with Crippen molar-refractivity contribution in [2.45, 2.75) is 25.3 Å². The van der Waals surface area contributed by atoms with Crippen LogP contribution in [0.5, 0.6) is 0 Å². The van der Waals surface area contributed by atoms with Gasteiger partial charge >= 0.3 is 11.9 Å². The molecule has 0 bridgehead atoms. The highest BCUT2D eigenvalue weighted by molar-refractivity contribution is 5.85. The second-order valence-corrected chi connectivity index (χ2v) is 4.07. The SMILES string of the molecule is COC(=O)CCC(NC(=O)Cc1ccccn1)C(=O)O. The van der Waals surface area contributed by atoms with Crippen LogP contribution in [0, 0.1) is 0 Å². The molecular weight excluding hydrogens is 264 g/mol. The van der Waals surface area contributed by atoms with Crippen molar-refractivity contribution in [1.29, 1.82) is 0 Å². The number of aromatic nitrogens is 1. The molecule has 0 radical (unpaired) electrons. The van der Waals surface area contributed by atoms with Crippen molar-refractivity contribution in [2.24, 2.45) is 0 Å². The van der Waals surface area contributed by atoms with Gasteiger partial charge in [-0.05, 0) is 18.6 Å². The summed E-state index contributed by atoms with van der Waals surface area (Å²) < 4.78 is 4.43. The molecule has 20 heavy (non-hydrogen) atoms. The first-order valence-corrected chi connectivity index (χ1v) is 6.02. The Hall–Kier alpha value is -2.44. The van der Waals surface area contributed by atoms with Crippen LogP contribution in [0.15, 0.2) is 24.4 Å². The summed E-state index contributed by atoms with van der Waals surface area (Å²) >= 11 is 0. The second kappa shape index (κ2) is 7.88. The first-order chi connectivity index (χ1) is 9.52. The number of nitrogens with zero attached hydrogens (tertiary/aromatic N) is 1. The summed E-state index contributed by atoms with van der Waals surface area (Å²) in [6.07, 6.45) is 1.45. The largest absolute Gasteiger partial charge is 0.480 e. The number of carbonyl (C=O) groups is 3. The standard InChI is InChI=1S/C13H16N2O5/c1-20-12(17)6-5-10(13(18)19)15-11(16)8-9-4-2-3-7-14-9/h2-4,7,10H,5-6,8H2,1H3,(H,15,16)(H,18,19). The lowest BCUT2D eigenvalue weighted by Crippen LogP contribution is -2.41. The molecular formula is C13H16N2O5. The number of hydrogen-bond donors (Lipinski definition) is 2. The fourth-order valence-electron chi connectivity index (χ4n) is 1.53. The first-order valence-electron chi connectivity index (χ1n) is 6.02. The Morgan fingerprint density at radius 3 is 2.70 bits per heavy atom. The molecule has 0 aliphatic carbocycles. The Morgan fingerprint density at radius 2 is 2.15 bits per heavy atom. The number of carbonyl (C=O) groups excluding carboxylic acids is 2. The highest BCUT2D eigenvalue weighted by Crippen LogP contribution is 2.01. The molecule has 108 valence electrons. The van der Waals surface area contributed by atoms with Crippen LogP contribution in [-0.4, -0.2) is 41.1 Å². The van der Waals surface area contributed by atoms with E-state index in [0.29, 0.717) is 5.69 Å². The zero-order valence-corrected chi connectivity index (χ0v) is 11.0. The Balaban J connectivity index is 2.50. The summed E-state index contributed by atoms with van der Waals surface area (Å²) in [5.41, 5.74) is 0.544. The van der Waals surface area contributed by atoms with Gasteiger partial charge < -0.3 is 15.2 Å². The van der Waals surface area contributed by atoms with Crippen LogP contribution in [0.2, 0.25) is 0 Å². The molecule has 0 aliphatic rings. The summed E-state index contributed by atoms with van der Waals surface area (Å²) in [6.45, 7) is 0. The van der Waals surface area contributed by atoms with Crippen LogP contribution in [0.25, 0.3) is 0 Å². The fourth-order valence-corrected chi connectivity index (χ4v) is 1.53. The number of rotatable bonds is 7. The molecule has 0 saturated carbocycles. The average Bonchev–Trinajstić information content (AvgIpc) is 2.43. The molecule has 1 aromatic rings. The van der Waals surface area contributed by atoms with Gasteiger partial charge in [0.2, 0.25) is 5.91 Å². The maximum Gasteiger partial charge on any atom is 0.326 e. The number of methoxy groups -OCH3 is 1. The lowest BCUT2D eigenvalue weighted by molar-refractivity contribution is -0.144. The van der Waals surface area contributed by atoms with Crippen LogP contribution in [0.1, 0.15) is 18.5 Å². The number of carboxylic acid groups (broad SMARTS) is 1. The van der Waals surface area contributed by atoms with Gasteiger partial charge in [0.15, 0.2) is 0 Å². The van der Waals surface area contributed by atoms with Gasteiger partial charge in [-0.1, -0.05) is 6.07 Å². The summed E-state index contributed by atoms with van der Waals surface area (Å²) in [5, 5.41) is 11.3. The minimum absolute atomic E-state index is 0.0111. The summed E-state index contributed by atoms with van der Waals surface area (Å²) in [4.78, 5) is 37.7. The molecule has 1 aromatic heterocycles. The van der Waals surface area contributed by atoms with Gasteiger partial charge in [-0.15, -0.1) is 0 Å². The fraction of sp³-hybridized carbons (Fsp3) is 0.385. The highest BCUT2D eigenvalue weighted by Gasteiger charge is 2.21. The zero-order valence-electron chi connectivity index (χ0n) is 11.0. The van der Waals surface area contributed by atoms with Crippen molar-refractivity contribution >= 4 is 17.8 Å². The van der Waals surface area contributed by atoms with Crippen LogP contribution < -0.4 is 5.32 Å². The van der Waals surface area contributed by atoms with Crippen molar-refractivity contribution in [3.05, 3.63) is 30.1 Å². The maximum absolute atomic E-state index is 11.7. The second-order valence-electron chi connectivity index (χ2n) is 4.07. The molecule has 0 spiro atoms. The number of amides is 1. The van der Waals surface area contributed by atoms with Gasteiger partial charge in [0, 0.05) is 18.3 Å². The van der Waals surface area contributed by atoms with E-state index in [2.05, 4.69) is 15.0 Å². The van der Waals surface area contributed by atoms with Gasteiger partial charge in [0.05, 0.1) is 13.5 Å². The number of aliphatic carboxylic acids is 1. The van der Waals surface area contributed by atoms with Gasteiger partial charge in [0.1, 0.15) is 6.04 Å². The van der Waals surface area contributed by atoms with Crippen molar-refractivity contribution in [3.63, 3.8) is 0 Å². The zero-order chi connectivity index (χ0) is 15.0. The summed E-state index contributed by atoms with van der Waals surface area (Å²) in [5.74, 6) is -2.17. The predicted molar refractivity (Wildman–Crippen MR) is 68.8 cm³/mol. The Labute approximate surface area is 116 Å². The van der Waals surface area contributed by atoms with Crippen LogP contribution in [0.3, 0.4) is 0 Å². The number of ether oxygens (including phenoxy) is 1. The van der Waals surface area contributed by atoms with E-state index in [0.717, 1.165) is 0 Å². The Bertz CT molecular complexity index is 475. The van der Waals surface area contributed by atoms with E-state index in [-0.39, 0.29) is 19.3 Å². The van der Waals surface area contributed by atoms with Crippen molar-refractivity contribution in [2.75, 3.05) is 7.11 Å². The minimum atomic E-state index is -1.19. The number of nitrogens with one attached hydrogen (secondary N) is 1. The third-order valence-corrected chi connectivity index (χ3v) is 2.57. The van der Waals surface area contributed by atoms with Crippen molar-refractivity contribution in [1.82, 2.24) is 10.3 Å². The molecule has 1 unspecified atom stereocenters. The monoisotopic (exact) mass is 280 g/mol. The normalized spacial score (nSPS) is 11.4. The lowest BCUT2D eigenvalue weighted by Gasteiger charge is -2.13. The van der Waals surface area contributed by atoms with E-state index in [1.54, 1.807) is 24.4 Å². The topological polar surface area (TPSA) is 106 Å². The molecule has 0 fully saturated rings. The number of pyridine rings is 1. The molecule has 0 aliphatic heterocycles. The Kier molecular flexibility index (Phi) is 6.15. The number of hydrogen-bond acceptors (Lipinski definition) is 5. The van der Waals surface area contributed by atoms with Crippen LogP contribution in [0.4, 0.5) is 0 Å². The average molecular weight is 280 g/mol. The first kappa shape index (κ1) is 15.6. The quantitative estimate of drug-likeness (QED) is 0.688. The predicted octanol–water partition coefficient (Wildman–Crippen LogP) is 0.147. The van der Waals surface area contributed by atoms with Crippen molar-refractivity contribution < 1.29 is 24.2 Å². The van der Waals surface area contributed by atoms with E-state index in [9.17, 15) is 14.4 Å². The van der Waals surface area contributed by atoms with Crippen LogP contribution in [-0.2, 0) is 25.5 Å². The maximum atomic E-state index is 11.7. The van der Waals surface area contributed by atoms with Crippen LogP contribution >= 0.6 is 0 Å². The molecule has 1 rings (SSSR count). The van der Waals surface area contributed by atoms with Crippen molar-refractivity contribution in [3.8, 4) is 0 Å². The van der Waals surface area contributed by atoms with E-state index >= 15 is 0 Å². The molecule has 1 amide bonds. The highest BCUT2D eigenvalue weighted by atomic mass is 16.5. The number of carboxylic acids is 1. The molecule has 0 saturated heterocycles. The smallest absolute Gasteiger partial charge is 0.326 e. The third kappa shape index (κ3) is 5.47. The van der Waals surface area contributed by atoms with E-state index in [1.807, 2.05) is 0 Å². The van der Waals surface area contributed by atoms with E-state index in [4.69, 9.17) is 5.11 Å². The van der Waals surface area contributed by atoms with Gasteiger partial charge in [0.25, 0.3) is 0 Å². The molecule has 2 N–H and O–H groups in total.